The van der Waals surface area contributed by atoms with Crippen molar-refractivity contribution in [1.29, 1.82) is 5.26 Å². The van der Waals surface area contributed by atoms with Gasteiger partial charge in [-0.15, -0.1) is 0 Å². The van der Waals surface area contributed by atoms with Crippen LogP contribution in [-0.4, -0.2) is 4.98 Å². The van der Waals surface area contributed by atoms with Gasteiger partial charge in [-0.1, -0.05) is 18.2 Å². The standard InChI is InChI=1S/C14H9N3/c15-8-9-4-5-13-12(7-14(16)17-13)11-3-1-2-10(11)6-9/h1-7H,(H2,16,17). The minimum absolute atomic E-state index is 0.507. The molecule has 0 radical (unpaired) electrons. The van der Waals surface area contributed by atoms with E-state index < -0.39 is 0 Å². The van der Waals surface area contributed by atoms with Gasteiger partial charge in [-0.3, -0.25) is 0 Å². The Morgan fingerprint density at radius 2 is 1.94 bits per heavy atom. The summed E-state index contributed by atoms with van der Waals surface area (Å²) >= 11 is 0. The lowest BCUT2D eigenvalue weighted by atomic mass is 10.0. The van der Waals surface area contributed by atoms with Gasteiger partial charge in [0, 0.05) is 5.56 Å². The highest BCUT2D eigenvalue weighted by Crippen LogP contribution is 2.35. The Bertz CT molecular complexity index is 682. The second kappa shape index (κ2) is 3.46. The number of hydrogen-bond acceptors (Lipinski definition) is 3. The Hall–Kier alpha value is -2.60. The molecule has 2 aliphatic carbocycles. The van der Waals surface area contributed by atoms with Crippen LogP contribution in [0, 0.1) is 11.3 Å². The molecule has 3 rings (SSSR count). The lowest BCUT2D eigenvalue weighted by Crippen LogP contribution is -1.82. The van der Waals surface area contributed by atoms with Crippen LogP contribution in [0.3, 0.4) is 0 Å². The molecule has 0 saturated carbocycles. The number of nitrogens with two attached hydrogens (primary N) is 1. The first-order chi connectivity index (χ1) is 8.28. The molecule has 80 valence electrons. The maximum Gasteiger partial charge on any atom is 0.124 e. The van der Waals surface area contributed by atoms with Crippen molar-refractivity contribution in [3.8, 4) is 28.5 Å². The molecule has 1 aliphatic heterocycles. The van der Waals surface area contributed by atoms with Gasteiger partial charge in [-0.05, 0) is 35.4 Å². The number of nitriles is 1. The molecule has 3 nitrogen and oxygen atoms in total. The molecular formula is C14H9N3. The Morgan fingerprint density at radius 1 is 1.06 bits per heavy atom. The van der Waals surface area contributed by atoms with Gasteiger partial charge in [0.2, 0.25) is 0 Å². The number of nitrogen functional groups attached to an aromatic ring is 1. The van der Waals surface area contributed by atoms with Gasteiger partial charge in [0.1, 0.15) is 5.82 Å². The molecule has 0 aromatic heterocycles. The second-order valence-corrected chi connectivity index (χ2v) is 3.92. The van der Waals surface area contributed by atoms with E-state index in [1.807, 2.05) is 36.4 Å². The van der Waals surface area contributed by atoms with Crippen LogP contribution in [0.1, 0.15) is 5.56 Å². The van der Waals surface area contributed by atoms with Crippen molar-refractivity contribution in [3.63, 3.8) is 0 Å². The minimum Gasteiger partial charge on any atom is -0.384 e. The molecule has 0 saturated heterocycles. The summed E-state index contributed by atoms with van der Waals surface area (Å²) in [4.78, 5) is 4.25. The molecular weight excluding hydrogens is 210 g/mol. The monoisotopic (exact) mass is 219 g/mol. The molecule has 1 heterocycles. The fraction of sp³-hybridized carbons (Fsp3) is 0. The predicted molar refractivity (Wildman–Crippen MR) is 66.6 cm³/mol. The molecule has 0 aromatic carbocycles. The van der Waals surface area contributed by atoms with E-state index >= 15 is 0 Å². The summed E-state index contributed by atoms with van der Waals surface area (Å²) in [6.45, 7) is 0. The summed E-state index contributed by atoms with van der Waals surface area (Å²) < 4.78 is 0. The largest absolute Gasteiger partial charge is 0.384 e. The summed E-state index contributed by atoms with van der Waals surface area (Å²) in [5.41, 5.74) is 10.3. The Balaban J connectivity index is 2.42. The van der Waals surface area contributed by atoms with Crippen LogP contribution in [0.15, 0.2) is 42.5 Å². The van der Waals surface area contributed by atoms with Crippen molar-refractivity contribution < 1.29 is 0 Å². The number of aromatic nitrogens is 1. The normalized spacial score (nSPS) is 10.5. The fourth-order valence-electron chi connectivity index (χ4n) is 2.06. The molecule has 3 heteroatoms. The Morgan fingerprint density at radius 3 is 2.76 bits per heavy atom. The van der Waals surface area contributed by atoms with Crippen LogP contribution >= 0.6 is 0 Å². The molecule has 2 N–H and O–H groups in total. The number of rotatable bonds is 0. The van der Waals surface area contributed by atoms with Crippen molar-refractivity contribution in [1.82, 2.24) is 4.98 Å². The number of fused-ring (bicyclic) bond motifs is 3. The lowest BCUT2D eigenvalue weighted by molar-refractivity contribution is 1.41. The van der Waals surface area contributed by atoms with Gasteiger partial charge in [-0.25, -0.2) is 4.98 Å². The zero-order chi connectivity index (χ0) is 11.8. The molecule has 17 heavy (non-hydrogen) atoms. The summed E-state index contributed by atoms with van der Waals surface area (Å²) in [6.07, 6.45) is 0. The topological polar surface area (TPSA) is 62.7 Å². The highest BCUT2D eigenvalue weighted by Gasteiger charge is 2.13. The van der Waals surface area contributed by atoms with Gasteiger partial charge in [0.25, 0.3) is 0 Å². The highest BCUT2D eigenvalue weighted by molar-refractivity contribution is 5.86. The molecule has 0 bridgehead atoms. The molecule has 0 unspecified atom stereocenters. The molecule has 0 aromatic rings. The zero-order valence-electron chi connectivity index (χ0n) is 9.01. The molecule has 0 atom stereocenters. The first-order valence-corrected chi connectivity index (χ1v) is 5.27. The maximum atomic E-state index is 9.01. The fourth-order valence-corrected chi connectivity index (χ4v) is 2.06. The van der Waals surface area contributed by atoms with Crippen molar-refractivity contribution >= 4 is 5.82 Å². The number of hydrogen-bond donors (Lipinski definition) is 1. The summed E-state index contributed by atoms with van der Waals surface area (Å²) in [7, 11) is 0. The van der Waals surface area contributed by atoms with E-state index in [0.717, 1.165) is 22.4 Å². The number of anilines is 1. The van der Waals surface area contributed by atoms with Crippen LogP contribution in [-0.2, 0) is 0 Å². The minimum atomic E-state index is 0.507. The quantitative estimate of drug-likeness (QED) is 0.632. The Labute approximate surface area is 98.8 Å². The van der Waals surface area contributed by atoms with Crippen LogP contribution in [0.25, 0.3) is 22.4 Å². The predicted octanol–water partition coefficient (Wildman–Crippen LogP) is 2.75. The van der Waals surface area contributed by atoms with E-state index in [2.05, 4.69) is 11.1 Å². The third kappa shape index (κ3) is 1.47. The maximum absolute atomic E-state index is 9.01. The summed E-state index contributed by atoms with van der Waals surface area (Å²) in [6, 6.07) is 15.5. The SMILES string of the molecule is N#Cc1ccc2nc(N)cc-2c2cccc-2c1. The van der Waals surface area contributed by atoms with Crippen molar-refractivity contribution in [2.75, 3.05) is 5.73 Å². The van der Waals surface area contributed by atoms with Gasteiger partial charge in [0.15, 0.2) is 0 Å². The van der Waals surface area contributed by atoms with Crippen molar-refractivity contribution in [2.45, 2.75) is 0 Å². The van der Waals surface area contributed by atoms with Crippen molar-refractivity contribution in [2.24, 2.45) is 0 Å². The van der Waals surface area contributed by atoms with Crippen LogP contribution in [0.2, 0.25) is 0 Å². The van der Waals surface area contributed by atoms with E-state index in [1.165, 1.54) is 0 Å². The second-order valence-electron chi connectivity index (χ2n) is 3.92. The average molecular weight is 219 g/mol. The van der Waals surface area contributed by atoms with E-state index in [0.29, 0.717) is 11.4 Å². The Kier molecular flexibility index (Phi) is 1.96. The smallest absolute Gasteiger partial charge is 0.124 e. The number of nitrogens with zero attached hydrogens (tertiary/aromatic N) is 2. The van der Waals surface area contributed by atoms with Crippen molar-refractivity contribution in [3.05, 3.63) is 48.0 Å². The van der Waals surface area contributed by atoms with E-state index in [-0.39, 0.29) is 0 Å². The molecule has 0 amide bonds. The summed E-state index contributed by atoms with van der Waals surface area (Å²) in [5, 5.41) is 9.01. The highest BCUT2D eigenvalue weighted by atomic mass is 14.9. The third-order valence-corrected chi connectivity index (χ3v) is 2.82. The average Bonchev–Trinajstić information content (AvgIpc) is 2.88. The van der Waals surface area contributed by atoms with Gasteiger partial charge in [-0.2, -0.15) is 5.26 Å². The zero-order valence-corrected chi connectivity index (χ0v) is 9.01. The lowest BCUT2D eigenvalue weighted by Gasteiger charge is -2.02. The first-order valence-electron chi connectivity index (χ1n) is 5.27. The van der Waals surface area contributed by atoms with Crippen LogP contribution in [0.4, 0.5) is 5.82 Å². The van der Waals surface area contributed by atoms with E-state index in [4.69, 9.17) is 11.0 Å². The van der Waals surface area contributed by atoms with Gasteiger partial charge in [0.05, 0.1) is 17.3 Å². The van der Waals surface area contributed by atoms with Gasteiger partial charge >= 0.3 is 0 Å². The van der Waals surface area contributed by atoms with Crippen LogP contribution in [0.5, 0.6) is 0 Å². The molecule has 0 fully saturated rings. The van der Waals surface area contributed by atoms with Crippen LogP contribution < -0.4 is 5.73 Å². The van der Waals surface area contributed by atoms with E-state index in [1.54, 1.807) is 6.07 Å². The third-order valence-electron chi connectivity index (χ3n) is 2.82. The molecule has 0 spiro atoms. The molecule has 3 aliphatic rings. The first kappa shape index (κ1) is 9.61. The van der Waals surface area contributed by atoms with E-state index in [9.17, 15) is 0 Å². The van der Waals surface area contributed by atoms with Gasteiger partial charge < -0.3 is 5.73 Å². The summed E-state index contributed by atoms with van der Waals surface area (Å²) in [5.74, 6) is 0.507.